The Balaban J connectivity index is 0.000000287. The summed E-state index contributed by atoms with van der Waals surface area (Å²) in [4.78, 5) is 23.9. The fourth-order valence-corrected chi connectivity index (χ4v) is 4.88. The van der Waals surface area contributed by atoms with Gasteiger partial charge in [-0.1, -0.05) is 59.7 Å². The fourth-order valence-electron chi connectivity index (χ4n) is 4.88. The smallest absolute Gasteiger partial charge is 0.354 e. The lowest BCUT2D eigenvalue weighted by Crippen LogP contribution is -2.23. The van der Waals surface area contributed by atoms with Crippen LogP contribution < -0.4 is 28.2 Å². The molecule has 2 aromatic carbocycles. The molecule has 4 aromatic rings. The molecule has 0 saturated carbocycles. The van der Waals surface area contributed by atoms with Crippen LogP contribution in [0, 0.1) is 11.6 Å². The van der Waals surface area contributed by atoms with Gasteiger partial charge in [-0.25, -0.2) is 13.6 Å². The molecule has 0 fully saturated rings. The number of nitrogens with two attached hydrogens (primary N) is 3. The molecule has 8 N–H and O–H groups in total. The topological polar surface area (TPSA) is 153 Å². The van der Waals surface area contributed by atoms with Crippen molar-refractivity contribution in [1.82, 2.24) is 19.9 Å². The Kier molecular flexibility index (Phi) is 12.8. The zero-order valence-corrected chi connectivity index (χ0v) is 28.9. The Hall–Kier alpha value is -4.09. The van der Waals surface area contributed by atoms with Crippen LogP contribution in [0.15, 0.2) is 58.4 Å². The second-order valence-electron chi connectivity index (χ2n) is 14.2. The molecule has 0 spiro atoms. The van der Waals surface area contributed by atoms with Crippen molar-refractivity contribution in [2.24, 2.45) is 22.2 Å². The first-order chi connectivity index (χ1) is 22.0. The third kappa shape index (κ3) is 11.3. The average molecular weight is 651 g/mol. The van der Waals surface area contributed by atoms with Crippen molar-refractivity contribution in [3.05, 3.63) is 93.2 Å². The minimum atomic E-state index is -0.752. The highest BCUT2D eigenvalue weighted by molar-refractivity contribution is 5.76. The summed E-state index contributed by atoms with van der Waals surface area (Å²) in [6.07, 6.45) is 4.84. The number of fused-ring (bicyclic) bond motifs is 1. The van der Waals surface area contributed by atoms with Gasteiger partial charge < -0.3 is 27.5 Å². The Morgan fingerprint density at radius 2 is 1.70 bits per heavy atom. The predicted octanol–water partition coefficient (Wildman–Crippen LogP) is 5.70. The molecule has 0 saturated heterocycles. The van der Waals surface area contributed by atoms with Crippen LogP contribution in [0.4, 0.5) is 8.78 Å². The highest BCUT2D eigenvalue weighted by atomic mass is 19.2. The SMILES string of the molecule is CC(C)(C)c1cc2cn(-c3ccc(CNCCCN=C(N)N)cc3)c(=O)nc2[nH]1.C[C@H](N)CCCc1cc(C(C)(C)C)cc(F)c1F. The Bertz CT molecular complexity index is 1690. The average Bonchev–Trinajstić information content (AvgIpc) is 3.40. The molecule has 9 nitrogen and oxygen atoms in total. The molecule has 0 bridgehead atoms. The lowest BCUT2D eigenvalue weighted by atomic mass is 9.85. The van der Waals surface area contributed by atoms with Crippen molar-refractivity contribution in [2.75, 3.05) is 13.1 Å². The van der Waals surface area contributed by atoms with Crippen molar-refractivity contribution in [2.45, 2.75) is 97.6 Å². The molecule has 4 rings (SSSR count). The van der Waals surface area contributed by atoms with Crippen LogP contribution in [0.5, 0.6) is 0 Å². The first-order valence-electron chi connectivity index (χ1n) is 16.2. The van der Waals surface area contributed by atoms with Gasteiger partial charge in [-0.2, -0.15) is 4.98 Å². The van der Waals surface area contributed by atoms with E-state index in [1.165, 1.54) is 6.07 Å². The number of nitrogens with zero attached hydrogens (tertiary/aromatic N) is 3. The number of benzene rings is 2. The number of rotatable bonds is 11. The minimum Gasteiger partial charge on any atom is -0.370 e. The maximum Gasteiger partial charge on any atom is 0.354 e. The van der Waals surface area contributed by atoms with E-state index in [1.54, 1.807) is 10.6 Å². The summed E-state index contributed by atoms with van der Waals surface area (Å²) in [5.41, 5.74) is 20.6. The van der Waals surface area contributed by atoms with Crippen molar-refractivity contribution in [3.63, 3.8) is 0 Å². The second-order valence-corrected chi connectivity index (χ2v) is 14.2. The van der Waals surface area contributed by atoms with Gasteiger partial charge in [0.05, 0.1) is 5.69 Å². The number of hydrogen-bond acceptors (Lipinski definition) is 5. The summed E-state index contributed by atoms with van der Waals surface area (Å²) < 4.78 is 28.8. The van der Waals surface area contributed by atoms with E-state index in [-0.39, 0.29) is 28.5 Å². The maximum atomic E-state index is 13.7. The lowest BCUT2D eigenvalue weighted by molar-refractivity contribution is 0.485. The first-order valence-corrected chi connectivity index (χ1v) is 16.2. The molecule has 0 aliphatic heterocycles. The van der Waals surface area contributed by atoms with Gasteiger partial charge in [-0.15, -0.1) is 0 Å². The van der Waals surface area contributed by atoms with Crippen molar-refractivity contribution in [1.29, 1.82) is 0 Å². The molecule has 0 amide bonds. The molecular weight excluding hydrogens is 598 g/mol. The van der Waals surface area contributed by atoms with Crippen molar-refractivity contribution >= 4 is 17.0 Å². The molecule has 0 unspecified atom stereocenters. The molecule has 47 heavy (non-hydrogen) atoms. The number of aliphatic imine (C=N–C) groups is 1. The summed E-state index contributed by atoms with van der Waals surface area (Å²) in [5, 5.41) is 4.27. The summed E-state index contributed by atoms with van der Waals surface area (Å²) in [6.45, 7) is 16.4. The van der Waals surface area contributed by atoms with Crippen LogP contribution in [0.2, 0.25) is 0 Å². The fraction of sp³-hybridized carbons (Fsp3) is 0.472. The van der Waals surface area contributed by atoms with E-state index in [0.29, 0.717) is 24.2 Å². The lowest BCUT2D eigenvalue weighted by Gasteiger charge is -2.20. The summed E-state index contributed by atoms with van der Waals surface area (Å²) in [7, 11) is 0. The molecular formula is C36H52F2N8O. The summed E-state index contributed by atoms with van der Waals surface area (Å²) in [5.74, 6) is -1.34. The van der Waals surface area contributed by atoms with E-state index >= 15 is 0 Å². The van der Waals surface area contributed by atoms with Crippen LogP contribution in [-0.2, 0) is 23.8 Å². The van der Waals surface area contributed by atoms with Gasteiger partial charge in [0, 0.05) is 41.8 Å². The Morgan fingerprint density at radius 1 is 1.02 bits per heavy atom. The zero-order valence-electron chi connectivity index (χ0n) is 28.9. The van der Waals surface area contributed by atoms with Crippen LogP contribution >= 0.6 is 0 Å². The van der Waals surface area contributed by atoms with Gasteiger partial charge in [0.1, 0.15) is 5.65 Å². The number of halogens is 2. The van der Waals surface area contributed by atoms with E-state index in [9.17, 15) is 13.6 Å². The number of hydrogen-bond donors (Lipinski definition) is 5. The summed E-state index contributed by atoms with van der Waals surface area (Å²) in [6, 6.07) is 13.1. The van der Waals surface area contributed by atoms with Crippen LogP contribution in [0.1, 0.15) is 90.1 Å². The molecule has 1 atom stereocenters. The van der Waals surface area contributed by atoms with E-state index in [4.69, 9.17) is 17.2 Å². The van der Waals surface area contributed by atoms with E-state index in [2.05, 4.69) is 47.1 Å². The van der Waals surface area contributed by atoms with E-state index in [0.717, 1.165) is 60.2 Å². The van der Waals surface area contributed by atoms with Gasteiger partial charge in [0.15, 0.2) is 17.6 Å². The number of H-pyrrole nitrogens is 1. The van der Waals surface area contributed by atoms with Gasteiger partial charge in [-0.3, -0.25) is 9.56 Å². The molecule has 2 heterocycles. The quantitative estimate of drug-likeness (QED) is 0.0798. The Morgan fingerprint density at radius 3 is 2.30 bits per heavy atom. The highest BCUT2D eigenvalue weighted by Crippen LogP contribution is 2.27. The maximum absolute atomic E-state index is 13.7. The number of aromatic nitrogens is 3. The highest BCUT2D eigenvalue weighted by Gasteiger charge is 2.19. The zero-order chi connectivity index (χ0) is 34.9. The molecule has 11 heteroatoms. The third-order valence-corrected chi connectivity index (χ3v) is 7.74. The van der Waals surface area contributed by atoms with E-state index in [1.807, 2.05) is 58.2 Å². The van der Waals surface area contributed by atoms with Gasteiger partial charge in [0.2, 0.25) is 0 Å². The van der Waals surface area contributed by atoms with Crippen molar-refractivity contribution in [3.8, 4) is 5.69 Å². The largest absolute Gasteiger partial charge is 0.370 e. The van der Waals surface area contributed by atoms with Crippen LogP contribution in [0.25, 0.3) is 16.7 Å². The normalized spacial score (nSPS) is 12.5. The van der Waals surface area contributed by atoms with Gasteiger partial charge >= 0.3 is 5.69 Å². The Labute approximate surface area is 277 Å². The molecule has 256 valence electrons. The number of aromatic amines is 1. The van der Waals surface area contributed by atoms with Gasteiger partial charge in [0.25, 0.3) is 0 Å². The van der Waals surface area contributed by atoms with Gasteiger partial charge in [-0.05, 0) is 85.5 Å². The van der Waals surface area contributed by atoms with Crippen molar-refractivity contribution < 1.29 is 8.78 Å². The molecule has 0 radical (unpaired) electrons. The minimum absolute atomic E-state index is 0.0352. The second kappa shape index (κ2) is 16.1. The molecule has 0 aliphatic carbocycles. The monoisotopic (exact) mass is 650 g/mol. The van der Waals surface area contributed by atoms with Crippen LogP contribution in [0.3, 0.4) is 0 Å². The van der Waals surface area contributed by atoms with Crippen LogP contribution in [-0.4, -0.2) is 39.6 Å². The standard InChI is InChI=1S/C21H29N7O.C15H23F2N/c1-21(2,3)17-11-15-13-28(20(29)27-18(15)26-17)16-7-5-14(6-8-16)12-24-9-4-10-25-19(22)23;1-10(18)6-5-7-11-8-12(15(2,3)4)9-13(16)14(11)17/h5-8,11,13,24H,4,9-10,12H2,1-3H3,(H4,22,23,25)(H,26,27,29);8-10H,5-7,18H2,1-4H3/t;10-/m.0/s1. The number of guanidine groups is 1. The summed E-state index contributed by atoms with van der Waals surface area (Å²) >= 11 is 0. The molecule has 2 aromatic heterocycles. The van der Waals surface area contributed by atoms with E-state index < -0.39 is 11.6 Å². The number of aryl methyl sites for hydroxylation is 1. The first kappa shape index (κ1) is 37.4. The molecule has 0 aliphatic rings. The predicted molar refractivity (Wildman–Crippen MR) is 189 cm³/mol. The third-order valence-electron chi connectivity index (χ3n) is 7.74. The number of nitrogens with one attached hydrogen (secondary N) is 2.